The van der Waals surface area contributed by atoms with Crippen LogP contribution in [0.15, 0.2) is 6.33 Å². The molecule has 0 unspecified atom stereocenters. The first-order chi connectivity index (χ1) is 8.76. The van der Waals surface area contributed by atoms with Crippen molar-refractivity contribution in [3.8, 4) is 5.88 Å². The van der Waals surface area contributed by atoms with Gasteiger partial charge in [0.05, 0.1) is 13.0 Å². The van der Waals surface area contributed by atoms with Gasteiger partial charge in [-0.25, -0.2) is 9.97 Å². The summed E-state index contributed by atoms with van der Waals surface area (Å²) >= 11 is 5.98. The molecule has 0 radical (unpaired) electrons. The van der Waals surface area contributed by atoms with E-state index in [0.717, 1.165) is 24.3 Å². The number of nitrogens with zero attached hydrogens (tertiary/aromatic N) is 4. The number of hydrogen-bond acceptors (Lipinski definition) is 4. The van der Waals surface area contributed by atoms with E-state index in [4.69, 9.17) is 16.3 Å². The van der Waals surface area contributed by atoms with Crippen molar-refractivity contribution in [2.75, 3.05) is 7.11 Å². The Balaban J connectivity index is 2.70. The number of aromatic nitrogens is 4. The van der Waals surface area contributed by atoms with Gasteiger partial charge in [0.15, 0.2) is 11.2 Å². The van der Waals surface area contributed by atoms with Crippen LogP contribution in [0.25, 0.3) is 11.2 Å². The molecule has 18 heavy (non-hydrogen) atoms. The van der Waals surface area contributed by atoms with Crippen molar-refractivity contribution in [1.29, 1.82) is 0 Å². The minimum atomic E-state index is 0.350. The number of methoxy groups -OCH3 is 1. The van der Waals surface area contributed by atoms with Gasteiger partial charge >= 0.3 is 0 Å². The van der Waals surface area contributed by atoms with Gasteiger partial charge in [-0.15, -0.1) is 11.6 Å². The molecule has 0 aliphatic rings. The van der Waals surface area contributed by atoms with Gasteiger partial charge in [0, 0.05) is 6.04 Å². The van der Waals surface area contributed by atoms with Crippen LogP contribution in [0.2, 0.25) is 0 Å². The minimum absolute atomic E-state index is 0.350. The fourth-order valence-corrected chi connectivity index (χ4v) is 2.40. The second-order valence-corrected chi connectivity index (χ2v) is 4.32. The molecule has 0 saturated carbocycles. The van der Waals surface area contributed by atoms with E-state index in [1.807, 2.05) is 0 Å². The van der Waals surface area contributed by atoms with Crippen LogP contribution < -0.4 is 4.74 Å². The highest BCUT2D eigenvalue weighted by Gasteiger charge is 2.19. The second kappa shape index (κ2) is 5.52. The topological polar surface area (TPSA) is 52.8 Å². The van der Waals surface area contributed by atoms with E-state index >= 15 is 0 Å². The smallest absolute Gasteiger partial charge is 0.245 e. The van der Waals surface area contributed by atoms with Crippen molar-refractivity contribution < 1.29 is 4.74 Å². The predicted octanol–water partition coefficient (Wildman–Crippen LogP) is 2.93. The molecule has 0 aliphatic carbocycles. The normalized spacial score (nSPS) is 11.4. The molecule has 0 atom stereocenters. The Morgan fingerprint density at radius 1 is 1.33 bits per heavy atom. The zero-order valence-electron chi connectivity index (χ0n) is 10.9. The van der Waals surface area contributed by atoms with Crippen LogP contribution in [-0.4, -0.2) is 26.6 Å². The summed E-state index contributed by atoms with van der Waals surface area (Å²) in [6.45, 7) is 4.30. The van der Waals surface area contributed by atoms with Gasteiger partial charge in [0.25, 0.3) is 0 Å². The maximum absolute atomic E-state index is 5.98. The first-order valence-corrected chi connectivity index (χ1v) is 6.61. The average molecular weight is 269 g/mol. The highest BCUT2D eigenvalue weighted by atomic mass is 35.5. The highest BCUT2D eigenvalue weighted by molar-refractivity contribution is 6.16. The summed E-state index contributed by atoms with van der Waals surface area (Å²) in [7, 11) is 1.58. The summed E-state index contributed by atoms with van der Waals surface area (Å²) in [6.07, 6.45) is 3.52. The van der Waals surface area contributed by atoms with Crippen LogP contribution in [0.5, 0.6) is 5.88 Å². The van der Waals surface area contributed by atoms with Crippen LogP contribution >= 0.6 is 11.6 Å². The lowest BCUT2D eigenvalue weighted by Crippen LogP contribution is -2.10. The van der Waals surface area contributed by atoms with Gasteiger partial charge in [-0.1, -0.05) is 13.8 Å². The summed E-state index contributed by atoms with van der Waals surface area (Å²) in [5.41, 5.74) is 1.48. The Morgan fingerprint density at radius 3 is 2.61 bits per heavy atom. The SMILES string of the molecule is CCC(CC)n1c(CCl)nc2c(OC)ncnc21. The molecule has 0 aromatic carbocycles. The molecular weight excluding hydrogens is 252 g/mol. The van der Waals surface area contributed by atoms with Crippen molar-refractivity contribution in [3.63, 3.8) is 0 Å². The van der Waals surface area contributed by atoms with Gasteiger partial charge in [0.2, 0.25) is 5.88 Å². The fourth-order valence-electron chi connectivity index (χ4n) is 2.21. The molecule has 6 heteroatoms. The molecule has 5 nitrogen and oxygen atoms in total. The van der Waals surface area contributed by atoms with E-state index in [2.05, 4.69) is 33.4 Å². The van der Waals surface area contributed by atoms with E-state index in [0.29, 0.717) is 23.3 Å². The van der Waals surface area contributed by atoms with Crippen LogP contribution in [0.1, 0.15) is 38.6 Å². The third kappa shape index (κ3) is 2.03. The Bertz CT molecular complexity index is 536. The van der Waals surface area contributed by atoms with Crippen molar-refractivity contribution in [1.82, 2.24) is 19.5 Å². The van der Waals surface area contributed by atoms with Crippen LogP contribution in [0, 0.1) is 0 Å². The van der Waals surface area contributed by atoms with Gasteiger partial charge in [-0.05, 0) is 12.8 Å². The van der Waals surface area contributed by atoms with Gasteiger partial charge in [-0.3, -0.25) is 0 Å². The lowest BCUT2D eigenvalue weighted by molar-refractivity contribution is 0.401. The molecule has 2 aromatic heterocycles. The Labute approximate surface area is 111 Å². The molecule has 0 spiro atoms. The van der Waals surface area contributed by atoms with Gasteiger partial charge in [-0.2, -0.15) is 4.98 Å². The lowest BCUT2D eigenvalue weighted by Gasteiger charge is -2.17. The van der Waals surface area contributed by atoms with Crippen molar-refractivity contribution in [2.24, 2.45) is 0 Å². The standard InChI is InChI=1S/C12H17ClN4O/c1-4-8(5-2)17-9(6-13)16-10-11(17)14-7-15-12(10)18-3/h7-8H,4-6H2,1-3H3. The monoisotopic (exact) mass is 268 g/mol. The highest BCUT2D eigenvalue weighted by Crippen LogP contribution is 2.28. The zero-order chi connectivity index (χ0) is 13.1. The molecule has 2 rings (SSSR count). The minimum Gasteiger partial charge on any atom is -0.479 e. The van der Waals surface area contributed by atoms with E-state index in [1.54, 1.807) is 7.11 Å². The molecule has 0 bridgehead atoms. The Hall–Kier alpha value is -1.36. The zero-order valence-corrected chi connectivity index (χ0v) is 11.6. The van der Waals surface area contributed by atoms with Crippen molar-refractivity contribution in [3.05, 3.63) is 12.2 Å². The number of rotatable bonds is 5. The maximum Gasteiger partial charge on any atom is 0.245 e. The molecule has 0 saturated heterocycles. The number of halogens is 1. The maximum atomic E-state index is 5.98. The molecule has 0 aliphatic heterocycles. The second-order valence-electron chi connectivity index (χ2n) is 4.06. The fraction of sp³-hybridized carbons (Fsp3) is 0.583. The number of fused-ring (bicyclic) bond motifs is 1. The van der Waals surface area contributed by atoms with E-state index in [-0.39, 0.29) is 0 Å². The van der Waals surface area contributed by atoms with Crippen molar-refractivity contribution >= 4 is 22.8 Å². The third-order valence-corrected chi connectivity index (χ3v) is 3.38. The Morgan fingerprint density at radius 2 is 2.06 bits per heavy atom. The molecule has 2 heterocycles. The van der Waals surface area contributed by atoms with Gasteiger partial charge in [0.1, 0.15) is 12.2 Å². The summed E-state index contributed by atoms with van der Waals surface area (Å²) < 4.78 is 7.32. The summed E-state index contributed by atoms with van der Waals surface area (Å²) in [6, 6.07) is 0.350. The van der Waals surface area contributed by atoms with Gasteiger partial charge < -0.3 is 9.30 Å². The first kappa shape index (κ1) is 13.1. The van der Waals surface area contributed by atoms with Crippen molar-refractivity contribution in [2.45, 2.75) is 38.6 Å². The largest absolute Gasteiger partial charge is 0.479 e. The van der Waals surface area contributed by atoms with Crippen LogP contribution in [0.3, 0.4) is 0 Å². The summed E-state index contributed by atoms with van der Waals surface area (Å²) in [5, 5.41) is 0. The molecule has 0 fully saturated rings. The van der Waals surface area contributed by atoms with Crippen LogP contribution in [-0.2, 0) is 5.88 Å². The quantitative estimate of drug-likeness (QED) is 0.783. The lowest BCUT2D eigenvalue weighted by atomic mass is 10.1. The van der Waals surface area contributed by atoms with E-state index in [1.165, 1.54) is 6.33 Å². The molecule has 0 N–H and O–H groups in total. The molecule has 0 amide bonds. The number of alkyl halides is 1. The van der Waals surface area contributed by atoms with E-state index < -0.39 is 0 Å². The Kier molecular flexibility index (Phi) is 4.01. The number of hydrogen-bond donors (Lipinski definition) is 0. The molecule has 2 aromatic rings. The average Bonchev–Trinajstić information content (AvgIpc) is 2.79. The number of imidazole rings is 1. The number of ether oxygens (including phenoxy) is 1. The molecular formula is C12H17ClN4O. The first-order valence-electron chi connectivity index (χ1n) is 6.08. The summed E-state index contributed by atoms with van der Waals surface area (Å²) in [5.74, 6) is 1.67. The third-order valence-electron chi connectivity index (χ3n) is 3.14. The van der Waals surface area contributed by atoms with E-state index in [9.17, 15) is 0 Å². The van der Waals surface area contributed by atoms with Crippen LogP contribution in [0.4, 0.5) is 0 Å². The summed E-state index contributed by atoms with van der Waals surface area (Å²) in [4.78, 5) is 12.9. The predicted molar refractivity (Wildman–Crippen MR) is 71.1 cm³/mol. The molecule has 98 valence electrons.